The summed E-state index contributed by atoms with van der Waals surface area (Å²) in [5.41, 5.74) is 10.9. The Morgan fingerprint density at radius 2 is 1.76 bits per heavy atom. The fraction of sp³-hybridized carbons (Fsp3) is 0.368. The van der Waals surface area contributed by atoms with Gasteiger partial charge in [0.1, 0.15) is 0 Å². The van der Waals surface area contributed by atoms with Crippen LogP contribution >= 0.6 is 0 Å². The van der Waals surface area contributed by atoms with Crippen molar-refractivity contribution < 1.29 is 0 Å². The van der Waals surface area contributed by atoms with Gasteiger partial charge in [-0.05, 0) is 42.1 Å². The van der Waals surface area contributed by atoms with Gasteiger partial charge in [-0.15, -0.1) is 0 Å². The summed E-state index contributed by atoms with van der Waals surface area (Å²) in [7, 11) is 2.24. The second-order valence-electron chi connectivity index (χ2n) is 6.06. The van der Waals surface area contributed by atoms with E-state index in [9.17, 15) is 0 Å². The van der Waals surface area contributed by atoms with E-state index in [4.69, 9.17) is 5.73 Å². The van der Waals surface area contributed by atoms with E-state index < -0.39 is 0 Å². The normalized spacial score (nSPS) is 15.2. The van der Waals surface area contributed by atoms with Crippen LogP contribution in [0.2, 0.25) is 0 Å². The lowest BCUT2D eigenvalue weighted by molar-refractivity contribution is 0.152. The van der Waals surface area contributed by atoms with Crippen molar-refractivity contribution in [2.45, 2.75) is 38.4 Å². The maximum Gasteiger partial charge on any atom is 0.0233 e. The quantitative estimate of drug-likeness (QED) is 0.902. The Hall–Kier alpha value is -1.64. The topological polar surface area (TPSA) is 29.3 Å². The Balaban J connectivity index is 1.74. The van der Waals surface area contributed by atoms with Crippen molar-refractivity contribution in [3.8, 4) is 11.1 Å². The van der Waals surface area contributed by atoms with Crippen LogP contribution in [0.4, 0.5) is 0 Å². The lowest BCUT2D eigenvalue weighted by Crippen LogP contribution is -2.36. The molecule has 2 nitrogen and oxygen atoms in total. The molecule has 0 aliphatic heterocycles. The van der Waals surface area contributed by atoms with E-state index in [1.54, 1.807) is 0 Å². The Morgan fingerprint density at radius 3 is 2.38 bits per heavy atom. The standard InChI is InChI=1S/C19H24N2/c1-21(18-6-4-7-18)14-15-9-11-16(12-10-15)19-8-3-2-5-17(19)13-20/h2-3,5,8-12,18H,4,6-7,13-14,20H2,1H3. The van der Waals surface area contributed by atoms with Gasteiger partial charge in [-0.1, -0.05) is 55.0 Å². The van der Waals surface area contributed by atoms with Crippen LogP contribution in [0.15, 0.2) is 48.5 Å². The minimum atomic E-state index is 0.586. The summed E-state index contributed by atoms with van der Waals surface area (Å²) in [5, 5.41) is 0. The first-order valence-corrected chi connectivity index (χ1v) is 7.85. The molecule has 1 saturated carbocycles. The molecule has 1 aliphatic carbocycles. The highest BCUT2D eigenvalue weighted by Crippen LogP contribution is 2.26. The van der Waals surface area contributed by atoms with Crippen molar-refractivity contribution in [2.24, 2.45) is 5.73 Å². The molecule has 3 rings (SSSR count). The number of hydrogen-bond donors (Lipinski definition) is 1. The summed E-state index contributed by atoms with van der Waals surface area (Å²) < 4.78 is 0. The maximum atomic E-state index is 5.83. The van der Waals surface area contributed by atoms with Crippen LogP contribution in [0.5, 0.6) is 0 Å². The molecule has 0 saturated heterocycles. The number of hydrogen-bond acceptors (Lipinski definition) is 2. The molecule has 21 heavy (non-hydrogen) atoms. The second-order valence-corrected chi connectivity index (χ2v) is 6.06. The third-order valence-corrected chi connectivity index (χ3v) is 4.63. The van der Waals surface area contributed by atoms with Gasteiger partial charge in [0.2, 0.25) is 0 Å². The molecule has 0 amide bonds. The van der Waals surface area contributed by atoms with E-state index in [0.717, 1.165) is 12.6 Å². The van der Waals surface area contributed by atoms with Crippen LogP contribution in [0.1, 0.15) is 30.4 Å². The molecule has 0 bridgehead atoms. The van der Waals surface area contributed by atoms with Gasteiger partial charge >= 0.3 is 0 Å². The highest BCUT2D eigenvalue weighted by molar-refractivity contribution is 5.67. The Labute approximate surface area is 127 Å². The molecule has 2 N–H and O–H groups in total. The first kappa shape index (κ1) is 14.3. The summed E-state index contributed by atoms with van der Waals surface area (Å²) in [6.07, 6.45) is 4.11. The van der Waals surface area contributed by atoms with E-state index in [1.807, 2.05) is 6.07 Å². The molecule has 0 spiro atoms. The number of benzene rings is 2. The predicted molar refractivity (Wildman–Crippen MR) is 88.9 cm³/mol. The highest BCUT2D eigenvalue weighted by Gasteiger charge is 2.21. The Morgan fingerprint density at radius 1 is 1.05 bits per heavy atom. The zero-order valence-corrected chi connectivity index (χ0v) is 12.8. The highest BCUT2D eigenvalue weighted by atomic mass is 15.1. The van der Waals surface area contributed by atoms with Crippen LogP contribution in [0, 0.1) is 0 Å². The van der Waals surface area contributed by atoms with E-state index in [-0.39, 0.29) is 0 Å². The average molecular weight is 280 g/mol. The van der Waals surface area contributed by atoms with Gasteiger partial charge in [-0.25, -0.2) is 0 Å². The summed E-state index contributed by atoms with van der Waals surface area (Å²) in [6, 6.07) is 18.1. The van der Waals surface area contributed by atoms with Crippen molar-refractivity contribution in [1.82, 2.24) is 4.90 Å². The van der Waals surface area contributed by atoms with Crippen molar-refractivity contribution in [2.75, 3.05) is 7.05 Å². The zero-order chi connectivity index (χ0) is 14.7. The first-order chi connectivity index (χ1) is 10.3. The molecule has 0 aromatic heterocycles. The fourth-order valence-electron chi connectivity index (χ4n) is 3.01. The molecule has 0 radical (unpaired) electrons. The summed E-state index contributed by atoms with van der Waals surface area (Å²) in [6.45, 7) is 1.63. The predicted octanol–water partition coefficient (Wildman–Crippen LogP) is 3.80. The molecular formula is C19H24N2. The lowest BCUT2D eigenvalue weighted by Gasteiger charge is -2.34. The zero-order valence-electron chi connectivity index (χ0n) is 12.8. The third-order valence-electron chi connectivity index (χ3n) is 4.63. The molecule has 2 aromatic rings. The van der Waals surface area contributed by atoms with Gasteiger partial charge in [0, 0.05) is 19.1 Å². The van der Waals surface area contributed by atoms with Gasteiger partial charge in [0.15, 0.2) is 0 Å². The van der Waals surface area contributed by atoms with Gasteiger partial charge in [-0.2, -0.15) is 0 Å². The van der Waals surface area contributed by atoms with E-state index in [2.05, 4.69) is 54.4 Å². The summed E-state index contributed by atoms with van der Waals surface area (Å²) in [5.74, 6) is 0. The monoisotopic (exact) mass is 280 g/mol. The number of nitrogens with zero attached hydrogens (tertiary/aromatic N) is 1. The molecule has 1 fully saturated rings. The number of rotatable bonds is 5. The molecule has 1 aliphatic rings. The minimum absolute atomic E-state index is 0.586. The maximum absolute atomic E-state index is 5.83. The lowest BCUT2D eigenvalue weighted by atomic mass is 9.91. The average Bonchev–Trinajstić information content (AvgIpc) is 2.46. The van der Waals surface area contributed by atoms with E-state index in [1.165, 1.54) is 41.5 Å². The van der Waals surface area contributed by atoms with Crippen LogP contribution in [0.25, 0.3) is 11.1 Å². The molecule has 0 atom stereocenters. The summed E-state index contributed by atoms with van der Waals surface area (Å²) >= 11 is 0. The van der Waals surface area contributed by atoms with E-state index in [0.29, 0.717) is 6.54 Å². The van der Waals surface area contributed by atoms with Crippen molar-refractivity contribution in [3.05, 3.63) is 59.7 Å². The largest absolute Gasteiger partial charge is 0.326 e. The Bertz CT molecular complexity index is 585. The van der Waals surface area contributed by atoms with Crippen LogP contribution in [-0.4, -0.2) is 18.0 Å². The smallest absolute Gasteiger partial charge is 0.0233 e. The number of nitrogens with two attached hydrogens (primary N) is 1. The molecule has 0 unspecified atom stereocenters. The molecule has 2 heteroatoms. The van der Waals surface area contributed by atoms with Gasteiger partial charge in [0.05, 0.1) is 0 Å². The fourth-order valence-corrected chi connectivity index (χ4v) is 3.01. The van der Waals surface area contributed by atoms with E-state index >= 15 is 0 Å². The van der Waals surface area contributed by atoms with Crippen molar-refractivity contribution >= 4 is 0 Å². The van der Waals surface area contributed by atoms with Crippen LogP contribution in [-0.2, 0) is 13.1 Å². The van der Waals surface area contributed by atoms with Gasteiger partial charge in [-0.3, -0.25) is 4.90 Å². The SMILES string of the molecule is CN(Cc1ccc(-c2ccccc2CN)cc1)C1CCC1. The minimum Gasteiger partial charge on any atom is -0.326 e. The Kier molecular flexibility index (Phi) is 4.37. The second kappa shape index (κ2) is 6.42. The third kappa shape index (κ3) is 3.17. The van der Waals surface area contributed by atoms with Gasteiger partial charge < -0.3 is 5.73 Å². The van der Waals surface area contributed by atoms with Crippen LogP contribution < -0.4 is 5.73 Å². The van der Waals surface area contributed by atoms with Crippen molar-refractivity contribution in [1.29, 1.82) is 0 Å². The first-order valence-electron chi connectivity index (χ1n) is 7.85. The summed E-state index contributed by atoms with van der Waals surface area (Å²) in [4.78, 5) is 2.48. The van der Waals surface area contributed by atoms with Crippen molar-refractivity contribution in [3.63, 3.8) is 0 Å². The van der Waals surface area contributed by atoms with Crippen LogP contribution in [0.3, 0.4) is 0 Å². The molecular weight excluding hydrogens is 256 g/mol. The molecule has 110 valence electrons. The van der Waals surface area contributed by atoms with Gasteiger partial charge in [0.25, 0.3) is 0 Å². The molecule has 0 heterocycles. The molecule has 2 aromatic carbocycles.